The number of nitrogens with one attached hydrogen (secondary N) is 1. The Morgan fingerprint density at radius 1 is 1.09 bits per heavy atom. The highest BCUT2D eigenvalue weighted by atomic mass is 16.3. The maximum atomic E-state index is 13.0. The Morgan fingerprint density at radius 3 is 2.56 bits per heavy atom. The summed E-state index contributed by atoms with van der Waals surface area (Å²) < 4.78 is 0. The van der Waals surface area contributed by atoms with E-state index in [1.165, 1.54) is 5.56 Å². The maximum absolute atomic E-state index is 13.0. The van der Waals surface area contributed by atoms with Crippen molar-refractivity contribution in [2.75, 3.05) is 13.1 Å². The Kier molecular flexibility index (Phi) is 5.57. The van der Waals surface area contributed by atoms with Crippen molar-refractivity contribution in [3.63, 3.8) is 0 Å². The minimum absolute atomic E-state index is 0.194. The van der Waals surface area contributed by atoms with Gasteiger partial charge in [-0.25, -0.2) is 0 Å². The summed E-state index contributed by atoms with van der Waals surface area (Å²) in [4.78, 5) is 40.8. The monoisotopic (exact) mass is 461 g/mol. The smallest absolute Gasteiger partial charge is 0.255 e. The molecule has 5 rings (SSSR count). The van der Waals surface area contributed by atoms with E-state index in [0.29, 0.717) is 24.9 Å². The molecule has 2 aromatic carbocycles. The Labute approximate surface area is 199 Å². The van der Waals surface area contributed by atoms with Crippen LogP contribution in [0.1, 0.15) is 60.2 Å². The van der Waals surface area contributed by atoms with Crippen LogP contribution in [0.25, 0.3) is 0 Å². The van der Waals surface area contributed by atoms with Gasteiger partial charge in [0.1, 0.15) is 6.04 Å². The van der Waals surface area contributed by atoms with Crippen LogP contribution in [0.5, 0.6) is 0 Å². The van der Waals surface area contributed by atoms with E-state index in [-0.39, 0.29) is 18.2 Å². The van der Waals surface area contributed by atoms with E-state index in [9.17, 15) is 19.5 Å². The van der Waals surface area contributed by atoms with E-state index in [2.05, 4.69) is 36.2 Å². The fraction of sp³-hybridized carbons (Fsp3) is 0.444. The van der Waals surface area contributed by atoms with Gasteiger partial charge in [-0.15, -0.1) is 0 Å². The highest BCUT2D eigenvalue weighted by molar-refractivity contribution is 6.05. The number of aliphatic hydroxyl groups is 1. The summed E-state index contributed by atoms with van der Waals surface area (Å²) in [7, 11) is 0. The number of hydrogen-bond donors (Lipinski definition) is 2. The lowest BCUT2D eigenvalue weighted by Crippen LogP contribution is -2.55. The molecule has 2 atom stereocenters. The standard InChI is InChI=1S/C27H31N3O4/c1-26(2)17-29(15-18-6-4-3-5-7-18)13-12-27(26,34)20-8-9-21-19(14-20)16-30(25(21)33)22-10-11-23(31)28-24(22)32/h3-9,14,22,34H,10-13,15-17H2,1-2H3,(H,28,31,32)/t22?,27-/m0/s1. The van der Waals surface area contributed by atoms with Crippen molar-refractivity contribution in [3.05, 3.63) is 70.8 Å². The topological polar surface area (TPSA) is 89.9 Å². The molecule has 0 spiro atoms. The van der Waals surface area contributed by atoms with Gasteiger partial charge >= 0.3 is 0 Å². The molecule has 2 fully saturated rings. The molecule has 34 heavy (non-hydrogen) atoms. The predicted molar refractivity (Wildman–Crippen MR) is 127 cm³/mol. The minimum atomic E-state index is -1.03. The molecule has 7 heteroatoms. The number of benzene rings is 2. The first-order valence-electron chi connectivity index (χ1n) is 11.9. The van der Waals surface area contributed by atoms with Crippen LogP contribution >= 0.6 is 0 Å². The molecule has 178 valence electrons. The molecule has 0 aliphatic carbocycles. The number of rotatable bonds is 4. The predicted octanol–water partition coefficient (Wildman–Crippen LogP) is 2.57. The second kappa shape index (κ2) is 8.32. The largest absolute Gasteiger partial charge is 0.385 e. The van der Waals surface area contributed by atoms with Crippen LogP contribution in [0.4, 0.5) is 0 Å². The Morgan fingerprint density at radius 2 is 1.85 bits per heavy atom. The number of piperidine rings is 2. The highest BCUT2D eigenvalue weighted by Gasteiger charge is 2.49. The van der Waals surface area contributed by atoms with Gasteiger partial charge in [-0.05, 0) is 35.6 Å². The molecule has 0 bridgehead atoms. The Balaban J connectivity index is 1.35. The Hall–Kier alpha value is -3.03. The molecule has 0 radical (unpaired) electrons. The lowest BCUT2D eigenvalue weighted by atomic mass is 9.66. The molecule has 2 aromatic rings. The zero-order chi connectivity index (χ0) is 24.1. The molecule has 3 amide bonds. The highest BCUT2D eigenvalue weighted by Crippen LogP contribution is 2.47. The van der Waals surface area contributed by atoms with Crippen LogP contribution in [-0.2, 0) is 28.3 Å². The van der Waals surface area contributed by atoms with Gasteiger partial charge in [-0.1, -0.05) is 56.3 Å². The van der Waals surface area contributed by atoms with Crippen molar-refractivity contribution in [1.29, 1.82) is 0 Å². The number of amides is 3. The summed E-state index contributed by atoms with van der Waals surface area (Å²) in [6.07, 6.45) is 1.16. The lowest BCUT2D eigenvalue weighted by Gasteiger charge is -2.50. The SMILES string of the molecule is CC1(C)CN(Cc2ccccc2)CC[C@]1(O)c1ccc2c(c1)CN(C1CCC(=O)NC1=O)C2=O. The summed E-state index contributed by atoms with van der Waals surface area (Å²) in [6, 6.07) is 15.3. The first-order valence-corrected chi connectivity index (χ1v) is 11.9. The quantitative estimate of drug-likeness (QED) is 0.683. The van der Waals surface area contributed by atoms with Crippen molar-refractivity contribution in [2.24, 2.45) is 5.41 Å². The van der Waals surface area contributed by atoms with Gasteiger partial charge in [-0.3, -0.25) is 24.6 Å². The van der Waals surface area contributed by atoms with Crippen molar-refractivity contribution >= 4 is 17.7 Å². The third-order valence-corrected chi connectivity index (χ3v) is 7.78. The lowest BCUT2D eigenvalue weighted by molar-refractivity contribution is -0.136. The van der Waals surface area contributed by atoms with Crippen LogP contribution in [0.2, 0.25) is 0 Å². The molecule has 0 saturated carbocycles. The number of nitrogens with zero attached hydrogens (tertiary/aromatic N) is 2. The van der Waals surface area contributed by atoms with Crippen molar-refractivity contribution in [2.45, 2.75) is 57.8 Å². The third-order valence-electron chi connectivity index (χ3n) is 7.78. The number of hydrogen-bond acceptors (Lipinski definition) is 5. The molecule has 1 unspecified atom stereocenters. The van der Waals surface area contributed by atoms with Gasteiger partial charge in [0.05, 0.1) is 5.60 Å². The summed E-state index contributed by atoms with van der Waals surface area (Å²) in [5.74, 6) is -0.904. The molecule has 3 heterocycles. The molecular formula is C27H31N3O4. The van der Waals surface area contributed by atoms with Crippen LogP contribution in [0, 0.1) is 5.41 Å². The van der Waals surface area contributed by atoms with Crippen LogP contribution < -0.4 is 5.32 Å². The van der Waals surface area contributed by atoms with E-state index in [1.807, 2.05) is 30.3 Å². The molecular weight excluding hydrogens is 430 g/mol. The summed E-state index contributed by atoms with van der Waals surface area (Å²) in [6.45, 7) is 6.87. The average Bonchev–Trinajstić information content (AvgIpc) is 3.12. The summed E-state index contributed by atoms with van der Waals surface area (Å²) in [5, 5.41) is 14.2. The fourth-order valence-corrected chi connectivity index (χ4v) is 5.77. The molecule has 7 nitrogen and oxygen atoms in total. The summed E-state index contributed by atoms with van der Waals surface area (Å²) in [5.41, 5.74) is 2.03. The number of likely N-dealkylation sites (tertiary alicyclic amines) is 1. The van der Waals surface area contributed by atoms with Crippen molar-refractivity contribution in [1.82, 2.24) is 15.1 Å². The van der Waals surface area contributed by atoms with E-state index in [1.54, 1.807) is 11.0 Å². The van der Waals surface area contributed by atoms with Crippen molar-refractivity contribution in [3.8, 4) is 0 Å². The van der Waals surface area contributed by atoms with Gasteiger partial charge in [0, 0.05) is 43.6 Å². The fourth-order valence-electron chi connectivity index (χ4n) is 5.77. The van der Waals surface area contributed by atoms with E-state index < -0.39 is 23.0 Å². The Bertz CT molecular complexity index is 1150. The number of carbonyl (C=O) groups excluding carboxylic acids is 3. The third kappa shape index (κ3) is 3.83. The van der Waals surface area contributed by atoms with E-state index in [4.69, 9.17) is 0 Å². The normalized spacial score (nSPS) is 27.0. The van der Waals surface area contributed by atoms with Crippen LogP contribution in [0.15, 0.2) is 48.5 Å². The number of carbonyl (C=O) groups is 3. The molecule has 0 aromatic heterocycles. The van der Waals surface area contributed by atoms with Gasteiger partial charge in [0.15, 0.2) is 0 Å². The first kappa shape index (κ1) is 22.7. The van der Waals surface area contributed by atoms with E-state index in [0.717, 1.165) is 30.8 Å². The molecule has 2 saturated heterocycles. The van der Waals surface area contributed by atoms with Crippen LogP contribution in [-0.4, -0.2) is 51.8 Å². The van der Waals surface area contributed by atoms with Gasteiger partial charge in [0.25, 0.3) is 5.91 Å². The van der Waals surface area contributed by atoms with Gasteiger partial charge < -0.3 is 10.0 Å². The first-order chi connectivity index (χ1) is 16.2. The number of fused-ring (bicyclic) bond motifs is 1. The minimum Gasteiger partial charge on any atom is -0.385 e. The van der Waals surface area contributed by atoms with Crippen LogP contribution in [0.3, 0.4) is 0 Å². The molecule has 3 aliphatic rings. The van der Waals surface area contributed by atoms with Gasteiger partial charge in [0.2, 0.25) is 11.8 Å². The summed E-state index contributed by atoms with van der Waals surface area (Å²) >= 11 is 0. The van der Waals surface area contributed by atoms with Crippen molar-refractivity contribution < 1.29 is 19.5 Å². The zero-order valence-corrected chi connectivity index (χ0v) is 19.7. The second-order valence-corrected chi connectivity index (χ2v) is 10.5. The maximum Gasteiger partial charge on any atom is 0.255 e. The zero-order valence-electron chi connectivity index (χ0n) is 19.7. The second-order valence-electron chi connectivity index (χ2n) is 10.5. The molecule has 2 N–H and O–H groups in total. The average molecular weight is 462 g/mol. The van der Waals surface area contributed by atoms with E-state index >= 15 is 0 Å². The van der Waals surface area contributed by atoms with Gasteiger partial charge in [-0.2, -0.15) is 0 Å². The molecule has 3 aliphatic heterocycles. The number of imide groups is 1.